The molecular formula is C11H19NO4. The van der Waals surface area contributed by atoms with E-state index < -0.39 is 17.5 Å². The number of ether oxygens (including phenoxy) is 1. The van der Waals surface area contributed by atoms with Gasteiger partial charge >= 0.3 is 5.97 Å². The summed E-state index contributed by atoms with van der Waals surface area (Å²) in [7, 11) is 1.48. The van der Waals surface area contributed by atoms with Crippen LogP contribution in [0.1, 0.15) is 20.8 Å². The average Bonchev–Trinajstić information content (AvgIpc) is 2.59. The molecule has 92 valence electrons. The molecule has 0 radical (unpaired) electrons. The number of carbonyl (C=O) groups excluding carboxylic acids is 1. The van der Waals surface area contributed by atoms with E-state index in [4.69, 9.17) is 9.84 Å². The van der Waals surface area contributed by atoms with Crippen LogP contribution in [0, 0.1) is 11.8 Å². The van der Waals surface area contributed by atoms with Crippen molar-refractivity contribution in [2.24, 2.45) is 11.8 Å². The van der Waals surface area contributed by atoms with Crippen LogP contribution in [-0.4, -0.2) is 47.7 Å². The number of carbonyl (C=O) groups is 2. The van der Waals surface area contributed by atoms with Crippen LogP contribution >= 0.6 is 0 Å². The second-order valence-electron chi connectivity index (χ2n) is 4.85. The van der Waals surface area contributed by atoms with Gasteiger partial charge in [0.2, 0.25) is 0 Å². The summed E-state index contributed by atoms with van der Waals surface area (Å²) in [5, 5.41) is 8.97. The van der Waals surface area contributed by atoms with Crippen molar-refractivity contribution in [3.8, 4) is 0 Å². The molecule has 0 aromatic rings. The van der Waals surface area contributed by atoms with E-state index in [1.165, 1.54) is 7.11 Å². The number of nitrogens with zero attached hydrogens (tertiary/aromatic N) is 1. The molecule has 1 rings (SSSR count). The molecule has 1 amide bonds. The SMILES string of the molecule is COC(C)(C)C(=O)N1C[C@@H](C)[C@H](C(=O)O)C1. The lowest BCUT2D eigenvalue weighted by Gasteiger charge is -2.27. The van der Waals surface area contributed by atoms with Crippen LogP contribution in [-0.2, 0) is 14.3 Å². The van der Waals surface area contributed by atoms with Crippen LogP contribution in [0.5, 0.6) is 0 Å². The Hall–Kier alpha value is -1.10. The molecule has 16 heavy (non-hydrogen) atoms. The lowest BCUT2D eigenvalue weighted by Crippen LogP contribution is -2.45. The summed E-state index contributed by atoms with van der Waals surface area (Å²) < 4.78 is 5.10. The highest BCUT2D eigenvalue weighted by molar-refractivity contribution is 5.85. The molecule has 5 nitrogen and oxygen atoms in total. The Labute approximate surface area is 95.4 Å². The van der Waals surface area contributed by atoms with Gasteiger partial charge in [0.1, 0.15) is 5.60 Å². The molecule has 0 aromatic heterocycles. The minimum absolute atomic E-state index is 0.00546. The lowest BCUT2D eigenvalue weighted by molar-refractivity contribution is -0.150. The van der Waals surface area contributed by atoms with Gasteiger partial charge in [-0.2, -0.15) is 0 Å². The molecule has 1 saturated heterocycles. The predicted octanol–water partition coefficient (Wildman–Crippen LogP) is 0.591. The van der Waals surface area contributed by atoms with E-state index in [2.05, 4.69) is 0 Å². The third-order valence-electron chi connectivity index (χ3n) is 3.24. The number of hydrogen-bond acceptors (Lipinski definition) is 3. The van der Waals surface area contributed by atoms with E-state index in [0.717, 1.165) is 0 Å². The summed E-state index contributed by atoms with van der Waals surface area (Å²) >= 11 is 0. The average molecular weight is 229 g/mol. The van der Waals surface area contributed by atoms with Gasteiger partial charge in [-0.15, -0.1) is 0 Å². The first-order chi connectivity index (χ1) is 7.29. The molecule has 0 bridgehead atoms. The molecule has 0 unspecified atom stereocenters. The van der Waals surface area contributed by atoms with Crippen LogP contribution in [0.4, 0.5) is 0 Å². The maximum atomic E-state index is 12.0. The van der Waals surface area contributed by atoms with Crippen molar-refractivity contribution in [3.05, 3.63) is 0 Å². The van der Waals surface area contributed by atoms with Gasteiger partial charge in [0, 0.05) is 20.2 Å². The number of carboxylic acids is 1. The Morgan fingerprint density at radius 3 is 2.31 bits per heavy atom. The molecule has 1 aliphatic rings. The number of rotatable bonds is 3. The number of carboxylic acid groups (broad SMARTS) is 1. The van der Waals surface area contributed by atoms with Crippen molar-refractivity contribution in [2.75, 3.05) is 20.2 Å². The quantitative estimate of drug-likeness (QED) is 0.769. The van der Waals surface area contributed by atoms with Gasteiger partial charge in [0.05, 0.1) is 5.92 Å². The Balaban J connectivity index is 2.72. The monoisotopic (exact) mass is 229 g/mol. The first-order valence-electron chi connectivity index (χ1n) is 5.37. The summed E-state index contributed by atoms with van der Waals surface area (Å²) in [4.78, 5) is 24.5. The number of aliphatic carboxylic acids is 1. The molecular weight excluding hydrogens is 210 g/mol. The summed E-state index contributed by atoms with van der Waals surface area (Å²) in [6.45, 7) is 6.00. The third-order valence-corrected chi connectivity index (χ3v) is 3.24. The van der Waals surface area contributed by atoms with E-state index in [0.29, 0.717) is 6.54 Å². The molecule has 1 heterocycles. The van der Waals surface area contributed by atoms with E-state index in [9.17, 15) is 9.59 Å². The number of amides is 1. The summed E-state index contributed by atoms with van der Waals surface area (Å²) in [5.41, 5.74) is -0.882. The third kappa shape index (κ3) is 2.35. The van der Waals surface area contributed by atoms with Gasteiger partial charge in [-0.05, 0) is 19.8 Å². The summed E-state index contributed by atoms with van der Waals surface area (Å²) in [6, 6.07) is 0. The van der Waals surface area contributed by atoms with Gasteiger partial charge in [-0.1, -0.05) is 6.92 Å². The highest BCUT2D eigenvalue weighted by Gasteiger charge is 2.41. The standard InChI is InChI=1S/C11H19NO4/c1-7-5-12(6-8(7)9(13)14)10(15)11(2,3)16-4/h7-8H,5-6H2,1-4H3,(H,13,14)/t7-,8-/m1/s1. The van der Waals surface area contributed by atoms with Gasteiger partial charge in [0.25, 0.3) is 5.91 Å². The van der Waals surface area contributed by atoms with E-state index >= 15 is 0 Å². The predicted molar refractivity (Wildman–Crippen MR) is 58.0 cm³/mol. The largest absolute Gasteiger partial charge is 0.481 e. The normalized spacial score (nSPS) is 25.9. The highest BCUT2D eigenvalue weighted by Crippen LogP contribution is 2.26. The van der Waals surface area contributed by atoms with Gasteiger partial charge < -0.3 is 14.7 Å². The molecule has 0 spiro atoms. The van der Waals surface area contributed by atoms with E-state index in [-0.39, 0.29) is 18.4 Å². The van der Waals surface area contributed by atoms with E-state index in [1.54, 1.807) is 18.7 Å². The first kappa shape index (κ1) is 13.0. The summed E-state index contributed by atoms with van der Waals surface area (Å²) in [5.74, 6) is -1.45. The molecule has 0 aromatic carbocycles. The van der Waals surface area contributed by atoms with Gasteiger partial charge in [-0.3, -0.25) is 9.59 Å². The van der Waals surface area contributed by atoms with Crippen LogP contribution in [0.2, 0.25) is 0 Å². The zero-order chi connectivity index (χ0) is 12.5. The Morgan fingerprint density at radius 1 is 1.38 bits per heavy atom. The molecule has 1 fully saturated rings. The molecule has 5 heteroatoms. The highest BCUT2D eigenvalue weighted by atomic mass is 16.5. The fourth-order valence-corrected chi connectivity index (χ4v) is 1.92. The lowest BCUT2D eigenvalue weighted by atomic mass is 9.99. The Kier molecular flexibility index (Phi) is 3.57. The van der Waals surface area contributed by atoms with E-state index in [1.807, 2.05) is 6.92 Å². The first-order valence-corrected chi connectivity index (χ1v) is 5.37. The second kappa shape index (κ2) is 4.41. The van der Waals surface area contributed by atoms with Crippen molar-refractivity contribution in [3.63, 3.8) is 0 Å². The van der Waals surface area contributed by atoms with Gasteiger partial charge in [-0.25, -0.2) is 0 Å². The van der Waals surface area contributed by atoms with Crippen molar-refractivity contribution >= 4 is 11.9 Å². The van der Waals surface area contributed by atoms with Crippen molar-refractivity contribution in [2.45, 2.75) is 26.4 Å². The number of methoxy groups -OCH3 is 1. The molecule has 1 aliphatic heterocycles. The zero-order valence-corrected chi connectivity index (χ0v) is 10.2. The molecule has 0 aliphatic carbocycles. The molecule has 0 saturated carbocycles. The molecule has 1 N–H and O–H groups in total. The van der Waals surface area contributed by atoms with Crippen LogP contribution in [0.25, 0.3) is 0 Å². The Bertz CT molecular complexity index is 300. The maximum absolute atomic E-state index is 12.0. The van der Waals surface area contributed by atoms with Crippen molar-refractivity contribution < 1.29 is 19.4 Å². The maximum Gasteiger partial charge on any atom is 0.308 e. The minimum Gasteiger partial charge on any atom is -0.481 e. The van der Waals surface area contributed by atoms with Crippen LogP contribution in [0.3, 0.4) is 0 Å². The van der Waals surface area contributed by atoms with Crippen molar-refractivity contribution in [1.29, 1.82) is 0 Å². The number of likely N-dealkylation sites (tertiary alicyclic amines) is 1. The van der Waals surface area contributed by atoms with Gasteiger partial charge in [0.15, 0.2) is 0 Å². The number of hydrogen-bond donors (Lipinski definition) is 1. The van der Waals surface area contributed by atoms with Crippen LogP contribution < -0.4 is 0 Å². The fraction of sp³-hybridized carbons (Fsp3) is 0.818. The zero-order valence-electron chi connectivity index (χ0n) is 10.2. The molecule has 2 atom stereocenters. The summed E-state index contributed by atoms with van der Waals surface area (Å²) in [6.07, 6.45) is 0. The smallest absolute Gasteiger partial charge is 0.308 e. The minimum atomic E-state index is -0.882. The van der Waals surface area contributed by atoms with Crippen molar-refractivity contribution in [1.82, 2.24) is 4.90 Å². The fourth-order valence-electron chi connectivity index (χ4n) is 1.92. The second-order valence-corrected chi connectivity index (χ2v) is 4.85. The Morgan fingerprint density at radius 2 is 1.94 bits per heavy atom. The topological polar surface area (TPSA) is 66.8 Å². The van der Waals surface area contributed by atoms with Crippen LogP contribution in [0.15, 0.2) is 0 Å².